The molecule has 0 saturated heterocycles. The normalized spacial score (nSPS) is 27.4. The highest BCUT2D eigenvalue weighted by Crippen LogP contribution is 2.09. The second-order valence-electron chi connectivity index (χ2n) is 4.88. The minimum absolute atomic E-state index is 0.240. The maximum atomic E-state index is 11.5. The molecule has 0 aromatic heterocycles. The van der Waals surface area contributed by atoms with Gasteiger partial charge in [-0.3, -0.25) is 0 Å². The van der Waals surface area contributed by atoms with Crippen molar-refractivity contribution in [3.63, 3.8) is 0 Å². The lowest BCUT2D eigenvalue weighted by Crippen LogP contribution is -2.23. The summed E-state index contributed by atoms with van der Waals surface area (Å²) < 4.78 is 10.6. The molecule has 1 aliphatic heterocycles. The molecule has 1 atom stereocenters. The Morgan fingerprint density at radius 1 is 1.00 bits per heavy atom. The van der Waals surface area contributed by atoms with Gasteiger partial charge in [0.15, 0.2) is 6.10 Å². The van der Waals surface area contributed by atoms with Gasteiger partial charge in [-0.05, 0) is 26.2 Å². The van der Waals surface area contributed by atoms with E-state index in [0.717, 1.165) is 19.3 Å². The smallest absolute Gasteiger partial charge is 0.334 e. The Morgan fingerprint density at radius 3 is 2.44 bits per heavy atom. The summed E-state index contributed by atoms with van der Waals surface area (Å²) in [6.07, 6.45) is 13.4. The number of rotatable bonds is 0. The van der Waals surface area contributed by atoms with Crippen LogP contribution in [0.1, 0.15) is 58.3 Å². The Kier molecular flexibility index (Phi) is 8.57. The van der Waals surface area contributed by atoms with Crippen LogP contribution in [-0.2, 0) is 14.3 Å². The second kappa shape index (κ2) is 10.1. The van der Waals surface area contributed by atoms with Crippen LogP contribution >= 0.6 is 0 Å². The molecule has 0 amide bonds. The molecule has 3 nitrogen and oxygen atoms in total. The predicted octanol–water partition coefficient (Wildman–Crippen LogP) is 3.63. The van der Waals surface area contributed by atoms with Crippen LogP contribution < -0.4 is 0 Å². The molecule has 0 aromatic rings. The van der Waals surface area contributed by atoms with Gasteiger partial charge in [0.1, 0.15) is 0 Å². The first-order valence-electron chi connectivity index (χ1n) is 7.24. The molecule has 1 rings (SSSR count). The van der Waals surface area contributed by atoms with E-state index in [-0.39, 0.29) is 5.97 Å². The van der Waals surface area contributed by atoms with Gasteiger partial charge in [-0.15, -0.1) is 0 Å². The molecule has 1 heterocycles. The van der Waals surface area contributed by atoms with E-state index in [9.17, 15) is 4.79 Å². The van der Waals surface area contributed by atoms with Crippen LogP contribution in [0.3, 0.4) is 0 Å². The SMILES string of the molecule is CC1OC/C=C\CCCCCCCCCOC1=O. The van der Waals surface area contributed by atoms with Gasteiger partial charge in [0.2, 0.25) is 0 Å². The van der Waals surface area contributed by atoms with Gasteiger partial charge in [0.05, 0.1) is 13.2 Å². The molecule has 0 radical (unpaired) electrons. The monoisotopic (exact) mass is 254 g/mol. The lowest BCUT2D eigenvalue weighted by Gasteiger charge is -2.11. The summed E-state index contributed by atoms with van der Waals surface area (Å²) in [6, 6.07) is 0. The van der Waals surface area contributed by atoms with Crippen molar-refractivity contribution in [3.05, 3.63) is 12.2 Å². The van der Waals surface area contributed by atoms with Crippen molar-refractivity contribution >= 4 is 5.97 Å². The van der Waals surface area contributed by atoms with E-state index in [1.165, 1.54) is 32.1 Å². The number of carbonyl (C=O) groups is 1. The first-order valence-corrected chi connectivity index (χ1v) is 7.24. The highest BCUT2D eigenvalue weighted by molar-refractivity contribution is 5.74. The zero-order chi connectivity index (χ0) is 13.1. The lowest BCUT2D eigenvalue weighted by molar-refractivity contribution is -0.155. The molecule has 104 valence electrons. The summed E-state index contributed by atoms with van der Waals surface area (Å²) in [5.74, 6) is -0.240. The van der Waals surface area contributed by atoms with Crippen LogP contribution in [0.15, 0.2) is 12.2 Å². The first-order chi connectivity index (χ1) is 8.80. The summed E-state index contributed by atoms with van der Waals surface area (Å²) in [7, 11) is 0. The number of ether oxygens (including phenoxy) is 2. The van der Waals surface area contributed by atoms with Crippen molar-refractivity contribution in [2.75, 3.05) is 13.2 Å². The number of carbonyl (C=O) groups excluding carboxylic acids is 1. The third kappa shape index (κ3) is 7.49. The average molecular weight is 254 g/mol. The van der Waals surface area contributed by atoms with Crippen LogP contribution in [0.4, 0.5) is 0 Å². The lowest BCUT2D eigenvalue weighted by atomic mass is 10.1. The summed E-state index contributed by atoms with van der Waals surface area (Å²) in [4.78, 5) is 11.5. The van der Waals surface area contributed by atoms with E-state index in [1.807, 2.05) is 6.08 Å². The molecule has 0 N–H and O–H groups in total. The van der Waals surface area contributed by atoms with Crippen molar-refractivity contribution in [2.24, 2.45) is 0 Å². The van der Waals surface area contributed by atoms with Gasteiger partial charge >= 0.3 is 5.97 Å². The van der Waals surface area contributed by atoms with Crippen molar-refractivity contribution in [3.8, 4) is 0 Å². The van der Waals surface area contributed by atoms with Crippen LogP contribution in [0.25, 0.3) is 0 Å². The van der Waals surface area contributed by atoms with E-state index < -0.39 is 6.10 Å². The molecule has 18 heavy (non-hydrogen) atoms. The fourth-order valence-corrected chi connectivity index (χ4v) is 1.99. The summed E-state index contributed by atoms with van der Waals surface area (Å²) >= 11 is 0. The minimum atomic E-state index is -0.456. The first kappa shape index (κ1) is 15.2. The quantitative estimate of drug-likeness (QED) is 0.489. The summed E-state index contributed by atoms with van der Waals surface area (Å²) in [6.45, 7) is 2.78. The number of cyclic esters (lactones) is 1. The average Bonchev–Trinajstić information content (AvgIpc) is 2.37. The van der Waals surface area contributed by atoms with E-state index in [2.05, 4.69) is 6.08 Å². The third-order valence-electron chi connectivity index (χ3n) is 3.20. The number of allylic oxidation sites excluding steroid dienone is 1. The fraction of sp³-hybridized carbons (Fsp3) is 0.800. The van der Waals surface area contributed by atoms with Crippen LogP contribution in [0.2, 0.25) is 0 Å². The second-order valence-corrected chi connectivity index (χ2v) is 4.88. The molecule has 3 heteroatoms. The summed E-state index contributed by atoms with van der Waals surface area (Å²) in [5.41, 5.74) is 0. The molecule has 0 fully saturated rings. The van der Waals surface area contributed by atoms with Crippen molar-refractivity contribution in [2.45, 2.75) is 64.4 Å². The molecule has 0 bridgehead atoms. The van der Waals surface area contributed by atoms with E-state index in [0.29, 0.717) is 13.2 Å². The molecule has 1 aliphatic rings. The highest BCUT2D eigenvalue weighted by atomic mass is 16.6. The van der Waals surface area contributed by atoms with Crippen molar-refractivity contribution < 1.29 is 14.3 Å². The van der Waals surface area contributed by atoms with E-state index in [1.54, 1.807) is 6.92 Å². The highest BCUT2D eigenvalue weighted by Gasteiger charge is 2.13. The van der Waals surface area contributed by atoms with Crippen molar-refractivity contribution in [1.29, 1.82) is 0 Å². The van der Waals surface area contributed by atoms with Gasteiger partial charge < -0.3 is 9.47 Å². The Labute approximate surface area is 111 Å². The molecule has 0 spiro atoms. The third-order valence-corrected chi connectivity index (χ3v) is 3.20. The number of esters is 1. The van der Waals surface area contributed by atoms with Crippen LogP contribution in [0.5, 0.6) is 0 Å². The number of hydrogen-bond donors (Lipinski definition) is 0. The van der Waals surface area contributed by atoms with Gasteiger partial charge in [-0.2, -0.15) is 0 Å². The minimum Gasteiger partial charge on any atom is -0.464 e. The fourth-order valence-electron chi connectivity index (χ4n) is 1.99. The maximum Gasteiger partial charge on any atom is 0.334 e. The van der Waals surface area contributed by atoms with Crippen molar-refractivity contribution in [1.82, 2.24) is 0 Å². The zero-order valence-electron chi connectivity index (χ0n) is 11.5. The predicted molar refractivity (Wildman–Crippen MR) is 72.4 cm³/mol. The van der Waals surface area contributed by atoms with E-state index in [4.69, 9.17) is 9.47 Å². The maximum absolute atomic E-state index is 11.5. The Bertz CT molecular complexity index is 248. The molecular formula is C15H26O3. The van der Waals surface area contributed by atoms with Gasteiger partial charge in [0, 0.05) is 0 Å². The zero-order valence-corrected chi connectivity index (χ0v) is 11.5. The molecule has 0 aliphatic carbocycles. The van der Waals surface area contributed by atoms with Gasteiger partial charge in [-0.25, -0.2) is 4.79 Å². The van der Waals surface area contributed by atoms with Crippen LogP contribution in [0, 0.1) is 0 Å². The van der Waals surface area contributed by atoms with Gasteiger partial charge in [0.25, 0.3) is 0 Å². The molecular weight excluding hydrogens is 228 g/mol. The van der Waals surface area contributed by atoms with Crippen LogP contribution in [-0.4, -0.2) is 25.3 Å². The Balaban J connectivity index is 2.29. The Hall–Kier alpha value is -0.830. The Morgan fingerprint density at radius 2 is 1.67 bits per heavy atom. The molecule has 0 saturated carbocycles. The summed E-state index contributed by atoms with van der Waals surface area (Å²) in [5, 5.41) is 0. The van der Waals surface area contributed by atoms with Gasteiger partial charge in [-0.1, -0.05) is 44.3 Å². The number of hydrogen-bond acceptors (Lipinski definition) is 3. The van der Waals surface area contributed by atoms with E-state index >= 15 is 0 Å². The molecule has 1 unspecified atom stereocenters. The molecule has 0 aromatic carbocycles. The topological polar surface area (TPSA) is 35.5 Å². The largest absolute Gasteiger partial charge is 0.464 e. The standard InChI is InChI=1S/C15H26O3/c1-14-15(16)18-13-11-9-7-5-3-2-4-6-8-10-12-17-14/h8,10,14H,2-7,9,11-13H2,1H3/b10-8-.